The lowest BCUT2D eigenvalue weighted by Crippen LogP contribution is -2.10. The molecular weight excluding hydrogens is 226 g/mol. The Bertz CT molecular complexity index is 615. The fourth-order valence-electron chi connectivity index (χ4n) is 1.91. The minimum absolute atomic E-state index is 0.0826. The molecule has 3 nitrogen and oxygen atoms in total. The fourth-order valence-corrected chi connectivity index (χ4v) is 1.91. The number of aromatic nitrogens is 1. The normalized spacial score (nSPS) is 12.4. The summed E-state index contributed by atoms with van der Waals surface area (Å²) in [6, 6.07) is 6.25. The highest BCUT2D eigenvalue weighted by atomic mass is 16.4. The van der Waals surface area contributed by atoms with Gasteiger partial charge in [-0.05, 0) is 29.2 Å². The monoisotopic (exact) mass is 243 g/mol. The number of nitrogens with one attached hydrogen (secondary N) is 1. The van der Waals surface area contributed by atoms with E-state index in [4.69, 9.17) is 5.11 Å². The Labute approximate surface area is 106 Å². The molecule has 2 rings (SSSR count). The summed E-state index contributed by atoms with van der Waals surface area (Å²) in [4.78, 5) is 13.7. The lowest BCUT2D eigenvalue weighted by atomic mass is 9.86. The number of H-pyrrole nitrogens is 1. The van der Waals surface area contributed by atoms with Crippen molar-refractivity contribution in [1.82, 2.24) is 4.98 Å². The molecule has 2 N–H and O–H groups in total. The van der Waals surface area contributed by atoms with Crippen molar-refractivity contribution in [3.05, 3.63) is 41.6 Å². The van der Waals surface area contributed by atoms with Crippen LogP contribution in [-0.4, -0.2) is 16.1 Å². The van der Waals surface area contributed by atoms with Crippen molar-refractivity contribution >= 4 is 22.9 Å². The van der Waals surface area contributed by atoms with Crippen LogP contribution in [0.4, 0.5) is 0 Å². The topological polar surface area (TPSA) is 53.1 Å². The van der Waals surface area contributed by atoms with Crippen LogP contribution in [0, 0.1) is 0 Å². The average Bonchev–Trinajstić information content (AvgIpc) is 2.67. The SMILES string of the molecule is CC(C)(C)c1ccc2[nH]cc(/C=C/C(=O)O)c2c1. The number of carbonyl (C=O) groups is 1. The maximum Gasteiger partial charge on any atom is 0.328 e. The number of benzene rings is 1. The molecule has 2 aromatic rings. The van der Waals surface area contributed by atoms with Crippen LogP contribution < -0.4 is 0 Å². The number of aliphatic carboxylic acids is 1. The van der Waals surface area contributed by atoms with Gasteiger partial charge in [0.1, 0.15) is 0 Å². The van der Waals surface area contributed by atoms with Crippen molar-refractivity contribution in [2.75, 3.05) is 0 Å². The number of aromatic amines is 1. The molecule has 0 bridgehead atoms. The van der Waals surface area contributed by atoms with E-state index in [1.165, 1.54) is 5.56 Å². The molecule has 94 valence electrons. The molecule has 0 aliphatic carbocycles. The molecule has 0 saturated carbocycles. The molecular formula is C15H17NO2. The van der Waals surface area contributed by atoms with Crippen molar-refractivity contribution in [2.45, 2.75) is 26.2 Å². The Morgan fingerprint density at radius 3 is 2.67 bits per heavy atom. The predicted molar refractivity (Wildman–Crippen MR) is 73.7 cm³/mol. The van der Waals surface area contributed by atoms with Gasteiger partial charge in [0.2, 0.25) is 0 Å². The second-order valence-corrected chi connectivity index (χ2v) is 5.43. The van der Waals surface area contributed by atoms with Crippen molar-refractivity contribution in [3.63, 3.8) is 0 Å². The average molecular weight is 243 g/mol. The molecule has 3 heteroatoms. The first-order valence-electron chi connectivity index (χ1n) is 5.90. The fraction of sp³-hybridized carbons (Fsp3) is 0.267. The number of carboxylic acids is 1. The van der Waals surface area contributed by atoms with Gasteiger partial charge in [-0.1, -0.05) is 26.8 Å². The maximum atomic E-state index is 10.6. The summed E-state index contributed by atoms with van der Waals surface area (Å²) in [5.41, 5.74) is 3.24. The zero-order chi connectivity index (χ0) is 13.3. The van der Waals surface area contributed by atoms with E-state index in [1.807, 2.05) is 12.3 Å². The van der Waals surface area contributed by atoms with Crippen molar-refractivity contribution in [3.8, 4) is 0 Å². The van der Waals surface area contributed by atoms with E-state index in [0.717, 1.165) is 22.5 Å². The van der Waals surface area contributed by atoms with Gasteiger partial charge in [0.05, 0.1) is 0 Å². The highest BCUT2D eigenvalue weighted by molar-refractivity contribution is 5.93. The lowest BCUT2D eigenvalue weighted by molar-refractivity contribution is -0.131. The summed E-state index contributed by atoms with van der Waals surface area (Å²) in [7, 11) is 0. The minimum atomic E-state index is -0.934. The maximum absolute atomic E-state index is 10.6. The largest absolute Gasteiger partial charge is 0.478 e. The highest BCUT2D eigenvalue weighted by Gasteiger charge is 2.14. The van der Waals surface area contributed by atoms with E-state index in [1.54, 1.807) is 6.08 Å². The molecule has 1 aromatic heterocycles. The third kappa shape index (κ3) is 2.45. The van der Waals surface area contributed by atoms with E-state index in [0.29, 0.717) is 0 Å². The standard InChI is InChI=1S/C15H17NO2/c1-15(2,3)11-5-6-13-12(8-11)10(9-16-13)4-7-14(17)18/h4-9,16H,1-3H3,(H,17,18)/b7-4+. The first kappa shape index (κ1) is 12.4. The molecule has 1 heterocycles. The minimum Gasteiger partial charge on any atom is -0.478 e. The van der Waals surface area contributed by atoms with Gasteiger partial charge in [0, 0.05) is 28.7 Å². The molecule has 18 heavy (non-hydrogen) atoms. The Kier molecular flexibility index (Phi) is 2.99. The number of hydrogen-bond acceptors (Lipinski definition) is 1. The van der Waals surface area contributed by atoms with Gasteiger partial charge in [-0.15, -0.1) is 0 Å². The molecule has 0 aliphatic rings. The van der Waals surface area contributed by atoms with Gasteiger partial charge in [0.25, 0.3) is 0 Å². The molecule has 0 fully saturated rings. The summed E-state index contributed by atoms with van der Waals surface area (Å²) in [6.07, 6.45) is 4.61. The molecule has 0 spiro atoms. The van der Waals surface area contributed by atoms with Crippen LogP contribution in [0.2, 0.25) is 0 Å². The van der Waals surface area contributed by atoms with Gasteiger partial charge < -0.3 is 10.1 Å². The Hall–Kier alpha value is -2.03. The van der Waals surface area contributed by atoms with Crippen molar-refractivity contribution in [2.24, 2.45) is 0 Å². The molecule has 0 amide bonds. The second kappa shape index (κ2) is 4.33. The summed E-state index contributed by atoms with van der Waals surface area (Å²) in [5.74, 6) is -0.934. The summed E-state index contributed by atoms with van der Waals surface area (Å²) < 4.78 is 0. The third-order valence-electron chi connectivity index (χ3n) is 2.99. The van der Waals surface area contributed by atoms with E-state index in [-0.39, 0.29) is 5.41 Å². The number of hydrogen-bond donors (Lipinski definition) is 2. The Balaban J connectivity index is 2.53. The number of carboxylic acid groups (broad SMARTS) is 1. The predicted octanol–water partition coefficient (Wildman–Crippen LogP) is 3.56. The van der Waals surface area contributed by atoms with Crippen molar-refractivity contribution in [1.29, 1.82) is 0 Å². The first-order valence-corrected chi connectivity index (χ1v) is 5.90. The van der Waals surface area contributed by atoms with Gasteiger partial charge in [-0.2, -0.15) is 0 Å². The van der Waals surface area contributed by atoms with Crippen LogP contribution >= 0.6 is 0 Å². The summed E-state index contributed by atoms with van der Waals surface area (Å²) in [5, 5.41) is 9.73. The summed E-state index contributed by atoms with van der Waals surface area (Å²) >= 11 is 0. The van der Waals surface area contributed by atoms with E-state index >= 15 is 0 Å². The van der Waals surface area contributed by atoms with E-state index in [9.17, 15) is 4.79 Å². The van der Waals surface area contributed by atoms with E-state index in [2.05, 4.69) is 37.9 Å². The van der Waals surface area contributed by atoms with Gasteiger partial charge in [-0.25, -0.2) is 4.79 Å². The van der Waals surface area contributed by atoms with Crippen LogP contribution in [0.3, 0.4) is 0 Å². The van der Waals surface area contributed by atoms with Crippen molar-refractivity contribution < 1.29 is 9.90 Å². The first-order chi connectivity index (χ1) is 8.38. The smallest absolute Gasteiger partial charge is 0.328 e. The van der Waals surface area contributed by atoms with Crippen LogP contribution in [-0.2, 0) is 10.2 Å². The van der Waals surface area contributed by atoms with Gasteiger partial charge in [0.15, 0.2) is 0 Å². The van der Waals surface area contributed by atoms with Crippen LogP contribution in [0.1, 0.15) is 31.9 Å². The van der Waals surface area contributed by atoms with Crippen LogP contribution in [0.15, 0.2) is 30.5 Å². The van der Waals surface area contributed by atoms with Gasteiger partial charge in [-0.3, -0.25) is 0 Å². The quantitative estimate of drug-likeness (QED) is 0.792. The molecule has 0 saturated heterocycles. The zero-order valence-electron chi connectivity index (χ0n) is 10.8. The molecule has 0 aliphatic heterocycles. The third-order valence-corrected chi connectivity index (χ3v) is 2.99. The number of fused-ring (bicyclic) bond motifs is 1. The second-order valence-electron chi connectivity index (χ2n) is 5.43. The Morgan fingerprint density at radius 2 is 2.06 bits per heavy atom. The molecule has 1 aromatic carbocycles. The zero-order valence-corrected chi connectivity index (χ0v) is 10.8. The van der Waals surface area contributed by atoms with Crippen LogP contribution in [0.5, 0.6) is 0 Å². The summed E-state index contributed by atoms with van der Waals surface area (Å²) in [6.45, 7) is 6.48. The van der Waals surface area contributed by atoms with Crippen LogP contribution in [0.25, 0.3) is 17.0 Å². The molecule has 0 unspecified atom stereocenters. The number of rotatable bonds is 2. The molecule has 0 radical (unpaired) electrons. The lowest BCUT2D eigenvalue weighted by Gasteiger charge is -2.19. The van der Waals surface area contributed by atoms with Gasteiger partial charge >= 0.3 is 5.97 Å². The Morgan fingerprint density at radius 1 is 1.33 bits per heavy atom. The molecule has 0 atom stereocenters. The highest BCUT2D eigenvalue weighted by Crippen LogP contribution is 2.28. The van der Waals surface area contributed by atoms with E-state index < -0.39 is 5.97 Å².